The maximum Gasteiger partial charge on any atom is 0.258 e. The molecule has 0 unspecified atom stereocenters. The number of hydrogen-bond acceptors (Lipinski definition) is 4. The van der Waals surface area contributed by atoms with Gasteiger partial charge in [0.15, 0.2) is 0 Å². The molecule has 2 aliphatic heterocycles. The first-order chi connectivity index (χ1) is 8.84. The molecule has 0 aliphatic carbocycles. The molecule has 0 radical (unpaired) electrons. The van der Waals surface area contributed by atoms with Crippen molar-refractivity contribution < 1.29 is 14.3 Å². The fourth-order valence-corrected chi connectivity index (χ4v) is 2.33. The summed E-state index contributed by atoms with van der Waals surface area (Å²) in [5.74, 6) is 0.458. The highest BCUT2D eigenvalue weighted by atomic mass is 16.5. The third kappa shape index (κ3) is 2.20. The lowest BCUT2D eigenvalue weighted by atomic mass is 10.2. The molecule has 3 rings (SSSR count). The summed E-state index contributed by atoms with van der Waals surface area (Å²) < 4.78 is 12.7. The van der Waals surface area contributed by atoms with Crippen LogP contribution in [0.4, 0.5) is 0 Å². The van der Waals surface area contributed by atoms with Crippen LogP contribution in [0.1, 0.15) is 29.6 Å². The Balaban J connectivity index is 1.63. The molecule has 18 heavy (non-hydrogen) atoms. The summed E-state index contributed by atoms with van der Waals surface area (Å²) in [6, 6.07) is 0. The van der Waals surface area contributed by atoms with Crippen LogP contribution < -0.4 is 10.1 Å². The first-order valence-corrected chi connectivity index (χ1v) is 6.43. The van der Waals surface area contributed by atoms with E-state index in [1.54, 1.807) is 10.9 Å². The number of amides is 1. The molecular formula is C12H17N3O3. The van der Waals surface area contributed by atoms with Crippen molar-refractivity contribution in [2.75, 3.05) is 19.8 Å². The van der Waals surface area contributed by atoms with Gasteiger partial charge < -0.3 is 14.8 Å². The fourth-order valence-electron chi connectivity index (χ4n) is 2.33. The average Bonchev–Trinajstić information content (AvgIpc) is 3.05. The lowest BCUT2D eigenvalue weighted by Gasteiger charge is -2.16. The highest BCUT2D eigenvalue weighted by Gasteiger charge is 2.23. The van der Waals surface area contributed by atoms with Crippen LogP contribution in [0.25, 0.3) is 0 Å². The van der Waals surface area contributed by atoms with E-state index in [1.807, 2.05) is 0 Å². The van der Waals surface area contributed by atoms with E-state index in [1.165, 1.54) is 0 Å². The molecule has 1 aromatic heterocycles. The van der Waals surface area contributed by atoms with Crippen LogP contribution in [0.5, 0.6) is 5.88 Å². The van der Waals surface area contributed by atoms with Crippen LogP contribution in [0.3, 0.4) is 0 Å². The van der Waals surface area contributed by atoms with Crippen molar-refractivity contribution in [2.24, 2.45) is 0 Å². The summed E-state index contributed by atoms with van der Waals surface area (Å²) in [4.78, 5) is 12.0. The van der Waals surface area contributed by atoms with Crippen molar-refractivity contribution in [3.05, 3.63) is 11.8 Å². The van der Waals surface area contributed by atoms with Gasteiger partial charge in [0.05, 0.1) is 18.9 Å². The fraction of sp³-hybridized carbons (Fsp3) is 0.667. The second-order valence-corrected chi connectivity index (χ2v) is 4.63. The molecule has 6 heteroatoms. The molecule has 0 spiro atoms. The average molecular weight is 251 g/mol. The van der Waals surface area contributed by atoms with Crippen molar-refractivity contribution in [2.45, 2.75) is 31.9 Å². The Morgan fingerprint density at radius 2 is 2.44 bits per heavy atom. The van der Waals surface area contributed by atoms with Gasteiger partial charge in [0.25, 0.3) is 5.91 Å². The molecule has 0 aromatic carbocycles. The first-order valence-electron chi connectivity index (χ1n) is 6.43. The van der Waals surface area contributed by atoms with E-state index < -0.39 is 0 Å². The Kier molecular flexibility index (Phi) is 3.19. The molecule has 0 bridgehead atoms. The molecule has 1 amide bonds. The van der Waals surface area contributed by atoms with Crippen molar-refractivity contribution in [1.29, 1.82) is 0 Å². The van der Waals surface area contributed by atoms with Gasteiger partial charge in [-0.05, 0) is 12.8 Å². The zero-order valence-corrected chi connectivity index (χ0v) is 10.2. The largest absolute Gasteiger partial charge is 0.477 e. The van der Waals surface area contributed by atoms with Crippen molar-refractivity contribution >= 4 is 5.91 Å². The van der Waals surface area contributed by atoms with Crippen molar-refractivity contribution in [3.8, 4) is 5.88 Å². The van der Waals surface area contributed by atoms with Gasteiger partial charge in [-0.25, -0.2) is 4.68 Å². The molecule has 2 aliphatic rings. The number of aromatic nitrogens is 2. The number of fused-ring (bicyclic) bond motifs is 1. The minimum atomic E-state index is -0.131. The zero-order valence-electron chi connectivity index (χ0n) is 10.2. The van der Waals surface area contributed by atoms with Gasteiger partial charge in [-0.15, -0.1) is 0 Å². The molecule has 3 heterocycles. The molecule has 1 aromatic rings. The number of rotatable bonds is 3. The summed E-state index contributed by atoms with van der Waals surface area (Å²) in [6.07, 6.45) is 4.76. The number of ether oxygens (including phenoxy) is 2. The van der Waals surface area contributed by atoms with Gasteiger partial charge >= 0.3 is 0 Å². The van der Waals surface area contributed by atoms with E-state index in [4.69, 9.17) is 9.47 Å². The number of carbonyl (C=O) groups excluding carboxylic acids is 1. The normalized spacial score (nSPS) is 22.3. The van der Waals surface area contributed by atoms with Gasteiger partial charge in [-0.3, -0.25) is 4.79 Å². The van der Waals surface area contributed by atoms with Gasteiger partial charge in [0.2, 0.25) is 5.88 Å². The van der Waals surface area contributed by atoms with Crippen molar-refractivity contribution in [1.82, 2.24) is 15.1 Å². The van der Waals surface area contributed by atoms with Gasteiger partial charge in [-0.2, -0.15) is 5.10 Å². The van der Waals surface area contributed by atoms with Gasteiger partial charge in [0, 0.05) is 26.1 Å². The summed E-state index contributed by atoms with van der Waals surface area (Å²) >= 11 is 0. The predicted molar refractivity (Wildman–Crippen MR) is 63.6 cm³/mol. The van der Waals surface area contributed by atoms with Crippen LogP contribution >= 0.6 is 0 Å². The van der Waals surface area contributed by atoms with E-state index in [0.29, 0.717) is 24.6 Å². The summed E-state index contributed by atoms with van der Waals surface area (Å²) in [6.45, 7) is 2.82. The number of nitrogens with one attached hydrogen (secondary N) is 1. The first kappa shape index (κ1) is 11.5. The topological polar surface area (TPSA) is 65.4 Å². The quantitative estimate of drug-likeness (QED) is 0.853. The van der Waals surface area contributed by atoms with Gasteiger partial charge in [-0.1, -0.05) is 0 Å². The molecular weight excluding hydrogens is 234 g/mol. The lowest BCUT2D eigenvalue weighted by Crippen LogP contribution is -2.32. The lowest BCUT2D eigenvalue weighted by molar-refractivity contribution is 0.0852. The Hall–Kier alpha value is -1.56. The third-order valence-corrected chi connectivity index (χ3v) is 3.30. The van der Waals surface area contributed by atoms with Crippen LogP contribution in [0.15, 0.2) is 6.20 Å². The van der Waals surface area contributed by atoms with E-state index in [-0.39, 0.29) is 12.0 Å². The predicted octanol–water partition coefficient (Wildman–Crippen LogP) is 0.574. The SMILES string of the molecule is O=C(NC[C@@H]1CCCO1)c1cnn2c1OCCC2. The molecule has 1 fully saturated rings. The van der Waals surface area contributed by atoms with Crippen LogP contribution in [0, 0.1) is 0 Å². The second-order valence-electron chi connectivity index (χ2n) is 4.63. The third-order valence-electron chi connectivity index (χ3n) is 3.30. The zero-order chi connectivity index (χ0) is 12.4. The Morgan fingerprint density at radius 3 is 3.28 bits per heavy atom. The summed E-state index contributed by atoms with van der Waals surface area (Å²) in [5.41, 5.74) is 0.521. The number of nitrogens with zero attached hydrogens (tertiary/aromatic N) is 2. The summed E-state index contributed by atoms with van der Waals surface area (Å²) in [5, 5.41) is 7.04. The monoisotopic (exact) mass is 251 g/mol. The number of hydrogen-bond donors (Lipinski definition) is 1. The van der Waals surface area contributed by atoms with E-state index in [9.17, 15) is 4.79 Å². The molecule has 1 saturated heterocycles. The highest BCUT2D eigenvalue weighted by Crippen LogP contribution is 2.22. The van der Waals surface area contributed by atoms with E-state index in [0.717, 1.165) is 32.4 Å². The Labute approximate surface area is 105 Å². The number of aryl methyl sites for hydroxylation is 1. The van der Waals surface area contributed by atoms with Crippen LogP contribution in [-0.2, 0) is 11.3 Å². The highest BCUT2D eigenvalue weighted by molar-refractivity contribution is 5.96. The van der Waals surface area contributed by atoms with Crippen LogP contribution in [0.2, 0.25) is 0 Å². The maximum absolute atomic E-state index is 12.0. The standard InChI is InChI=1S/C12H17N3O3/c16-11(13-7-9-3-1-5-17-9)10-8-14-15-4-2-6-18-12(10)15/h8-9H,1-7H2,(H,13,16)/t9-/m0/s1. The molecule has 98 valence electrons. The van der Waals surface area contributed by atoms with Crippen LogP contribution in [-0.4, -0.2) is 41.6 Å². The molecule has 1 atom stereocenters. The van der Waals surface area contributed by atoms with Crippen molar-refractivity contribution in [3.63, 3.8) is 0 Å². The molecule has 0 saturated carbocycles. The van der Waals surface area contributed by atoms with E-state index in [2.05, 4.69) is 10.4 Å². The Bertz CT molecular complexity index is 438. The molecule has 1 N–H and O–H groups in total. The summed E-state index contributed by atoms with van der Waals surface area (Å²) in [7, 11) is 0. The molecule has 6 nitrogen and oxygen atoms in total. The van der Waals surface area contributed by atoms with E-state index >= 15 is 0 Å². The second kappa shape index (κ2) is 4.97. The minimum Gasteiger partial charge on any atom is -0.477 e. The maximum atomic E-state index is 12.0. The van der Waals surface area contributed by atoms with Gasteiger partial charge in [0.1, 0.15) is 5.56 Å². The smallest absolute Gasteiger partial charge is 0.258 e. The number of carbonyl (C=O) groups is 1. The minimum absolute atomic E-state index is 0.131. The Morgan fingerprint density at radius 1 is 1.50 bits per heavy atom.